The van der Waals surface area contributed by atoms with Gasteiger partial charge in [0.15, 0.2) is 0 Å². The lowest BCUT2D eigenvalue weighted by molar-refractivity contribution is 0.0694. The van der Waals surface area contributed by atoms with Crippen LogP contribution in [0.5, 0.6) is 0 Å². The molecule has 0 saturated heterocycles. The van der Waals surface area contributed by atoms with Gasteiger partial charge in [0.25, 0.3) is 5.91 Å². The Morgan fingerprint density at radius 2 is 2.05 bits per heavy atom. The van der Waals surface area contributed by atoms with Gasteiger partial charge in [0.05, 0.1) is 5.56 Å². The minimum Gasteiger partial charge on any atom is -0.478 e. The van der Waals surface area contributed by atoms with Crippen molar-refractivity contribution in [3.63, 3.8) is 0 Å². The average molecular weight is 264 g/mol. The number of hydrogen-bond acceptors (Lipinski definition) is 3. The summed E-state index contributed by atoms with van der Waals surface area (Å²) >= 11 is 0. The minimum absolute atomic E-state index is 0.0824. The number of hydrogen-bond donors (Lipinski definition) is 1. The van der Waals surface area contributed by atoms with Gasteiger partial charge in [0.1, 0.15) is 5.69 Å². The van der Waals surface area contributed by atoms with Crippen LogP contribution in [0.15, 0.2) is 18.3 Å². The lowest BCUT2D eigenvalue weighted by atomic mass is 10.1. The number of carboxylic acid groups (broad SMARTS) is 1. The van der Waals surface area contributed by atoms with E-state index in [4.69, 9.17) is 5.11 Å². The number of nitrogens with zero attached hydrogens (tertiary/aromatic N) is 2. The Morgan fingerprint density at radius 1 is 1.37 bits per heavy atom. The van der Waals surface area contributed by atoms with Crippen LogP contribution in [0, 0.1) is 5.92 Å². The molecule has 1 aromatic heterocycles. The molecule has 0 aliphatic heterocycles. The molecule has 0 fully saturated rings. The maximum atomic E-state index is 12.0. The highest BCUT2D eigenvalue weighted by molar-refractivity contribution is 5.93. The first-order valence-corrected chi connectivity index (χ1v) is 6.36. The van der Waals surface area contributed by atoms with Gasteiger partial charge in [0, 0.05) is 19.8 Å². The van der Waals surface area contributed by atoms with E-state index in [9.17, 15) is 9.59 Å². The summed E-state index contributed by atoms with van der Waals surface area (Å²) in [7, 11) is 1.73. The van der Waals surface area contributed by atoms with Crippen molar-refractivity contribution in [1.82, 2.24) is 9.88 Å². The Morgan fingerprint density at radius 3 is 2.53 bits per heavy atom. The van der Waals surface area contributed by atoms with Crippen LogP contribution < -0.4 is 0 Å². The van der Waals surface area contributed by atoms with Crippen LogP contribution >= 0.6 is 0 Å². The van der Waals surface area contributed by atoms with E-state index in [0.717, 1.165) is 12.8 Å². The summed E-state index contributed by atoms with van der Waals surface area (Å²) in [6.45, 7) is 4.97. The number of carbonyl (C=O) groups is 2. The van der Waals surface area contributed by atoms with Crippen LogP contribution in [0.1, 0.15) is 47.5 Å². The van der Waals surface area contributed by atoms with Crippen LogP contribution in [0.3, 0.4) is 0 Å². The van der Waals surface area contributed by atoms with Crippen molar-refractivity contribution >= 4 is 11.9 Å². The molecule has 0 unspecified atom stereocenters. The van der Waals surface area contributed by atoms with E-state index in [1.54, 1.807) is 11.9 Å². The summed E-state index contributed by atoms with van der Waals surface area (Å²) in [6, 6.07) is 2.84. The van der Waals surface area contributed by atoms with E-state index >= 15 is 0 Å². The standard InChI is InChI=1S/C14H20N2O3/c1-10(2)5-4-8-16(3)13(17)12-7-6-11(9-15-12)14(18)19/h6-7,9-10H,4-5,8H2,1-3H3,(H,18,19). The number of rotatable bonds is 6. The third-order valence-corrected chi connectivity index (χ3v) is 2.85. The Bertz CT molecular complexity index is 441. The third-order valence-electron chi connectivity index (χ3n) is 2.85. The maximum absolute atomic E-state index is 12.0. The summed E-state index contributed by atoms with van der Waals surface area (Å²) in [5.74, 6) is -0.603. The molecule has 5 heteroatoms. The zero-order chi connectivity index (χ0) is 14.4. The van der Waals surface area contributed by atoms with Crippen LogP contribution in [-0.4, -0.2) is 40.5 Å². The predicted octanol–water partition coefficient (Wildman–Crippen LogP) is 2.29. The number of aromatic carboxylic acids is 1. The summed E-state index contributed by atoms with van der Waals surface area (Å²) in [5.41, 5.74) is 0.357. The van der Waals surface area contributed by atoms with Gasteiger partial charge in [-0.15, -0.1) is 0 Å². The lowest BCUT2D eigenvalue weighted by Crippen LogP contribution is -2.28. The highest BCUT2D eigenvalue weighted by Crippen LogP contribution is 2.07. The summed E-state index contributed by atoms with van der Waals surface area (Å²) in [5, 5.41) is 8.76. The van der Waals surface area contributed by atoms with Crippen molar-refractivity contribution in [1.29, 1.82) is 0 Å². The van der Waals surface area contributed by atoms with Crippen molar-refractivity contribution in [2.75, 3.05) is 13.6 Å². The van der Waals surface area contributed by atoms with Gasteiger partial charge in [-0.2, -0.15) is 0 Å². The largest absolute Gasteiger partial charge is 0.478 e. The number of carboxylic acids is 1. The van der Waals surface area contributed by atoms with E-state index in [1.165, 1.54) is 18.3 Å². The fraction of sp³-hybridized carbons (Fsp3) is 0.500. The Hall–Kier alpha value is -1.91. The van der Waals surface area contributed by atoms with Crippen molar-refractivity contribution in [2.24, 2.45) is 5.92 Å². The van der Waals surface area contributed by atoms with Gasteiger partial charge >= 0.3 is 5.97 Å². The molecule has 0 radical (unpaired) electrons. The molecule has 5 nitrogen and oxygen atoms in total. The minimum atomic E-state index is -1.04. The van der Waals surface area contributed by atoms with E-state index in [1.807, 2.05) is 0 Å². The zero-order valence-electron chi connectivity index (χ0n) is 11.6. The van der Waals surface area contributed by atoms with Crippen LogP contribution in [-0.2, 0) is 0 Å². The van der Waals surface area contributed by atoms with Gasteiger partial charge in [-0.3, -0.25) is 9.78 Å². The Kier molecular flexibility index (Phi) is 5.48. The molecule has 104 valence electrons. The Balaban J connectivity index is 2.59. The molecule has 0 saturated carbocycles. The molecule has 19 heavy (non-hydrogen) atoms. The molecule has 0 aliphatic rings. The molecular weight excluding hydrogens is 244 g/mol. The molecule has 0 aromatic carbocycles. The van der Waals surface area contributed by atoms with E-state index in [-0.39, 0.29) is 17.2 Å². The second-order valence-corrected chi connectivity index (χ2v) is 5.00. The molecule has 1 heterocycles. The van der Waals surface area contributed by atoms with Crippen molar-refractivity contribution in [2.45, 2.75) is 26.7 Å². The van der Waals surface area contributed by atoms with Gasteiger partial charge in [-0.05, 0) is 30.9 Å². The molecule has 1 aromatic rings. The Labute approximate surface area is 113 Å². The molecule has 1 amide bonds. The van der Waals surface area contributed by atoms with Gasteiger partial charge < -0.3 is 10.0 Å². The predicted molar refractivity (Wildman–Crippen MR) is 72.2 cm³/mol. The summed E-state index contributed by atoms with van der Waals surface area (Å²) < 4.78 is 0. The maximum Gasteiger partial charge on any atom is 0.337 e. The van der Waals surface area contributed by atoms with Gasteiger partial charge in [-0.1, -0.05) is 13.8 Å². The van der Waals surface area contributed by atoms with Crippen molar-refractivity contribution in [3.8, 4) is 0 Å². The van der Waals surface area contributed by atoms with Crippen LogP contribution in [0.4, 0.5) is 0 Å². The van der Waals surface area contributed by atoms with Gasteiger partial charge in [-0.25, -0.2) is 4.79 Å². The fourth-order valence-electron chi connectivity index (χ4n) is 1.68. The first-order valence-electron chi connectivity index (χ1n) is 6.36. The molecule has 0 spiro atoms. The molecule has 0 aliphatic carbocycles. The monoisotopic (exact) mass is 264 g/mol. The zero-order valence-corrected chi connectivity index (χ0v) is 11.6. The lowest BCUT2D eigenvalue weighted by Gasteiger charge is -2.17. The summed E-state index contributed by atoms with van der Waals surface area (Å²) in [4.78, 5) is 28.2. The van der Waals surface area contributed by atoms with E-state index in [2.05, 4.69) is 18.8 Å². The summed E-state index contributed by atoms with van der Waals surface area (Å²) in [6.07, 6.45) is 3.23. The third kappa shape index (κ3) is 4.69. The molecule has 0 atom stereocenters. The smallest absolute Gasteiger partial charge is 0.337 e. The number of carbonyl (C=O) groups excluding carboxylic acids is 1. The van der Waals surface area contributed by atoms with Crippen molar-refractivity contribution in [3.05, 3.63) is 29.6 Å². The van der Waals surface area contributed by atoms with Crippen LogP contribution in [0.25, 0.3) is 0 Å². The number of amides is 1. The number of pyridine rings is 1. The van der Waals surface area contributed by atoms with Crippen molar-refractivity contribution < 1.29 is 14.7 Å². The molecular formula is C14H20N2O3. The second kappa shape index (κ2) is 6.87. The first-order chi connectivity index (χ1) is 8.91. The highest BCUT2D eigenvalue weighted by Gasteiger charge is 2.13. The topological polar surface area (TPSA) is 70.5 Å². The SMILES string of the molecule is CC(C)CCCN(C)C(=O)c1ccc(C(=O)O)cn1. The average Bonchev–Trinajstić information content (AvgIpc) is 2.37. The first kappa shape index (κ1) is 15.1. The normalized spacial score (nSPS) is 10.5. The molecule has 1 N–H and O–H groups in total. The van der Waals surface area contributed by atoms with Gasteiger partial charge in [0.2, 0.25) is 0 Å². The van der Waals surface area contributed by atoms with E-state index in [0.29, 0.717) is 12.5 Å². The number of aromatic nitrogens is 1. The molecule has 0 bridgehead atoms. The highest BCUT2D eigenvalue weighted by atomic mass is 16.4. The molecule has 1 rings (SSSR count). The van der Waals surface area contributed by atoms with E-state index < -0.39 is 5.97 Å². The quantitative estimate of drug-likeness (QED) is 0.855. The fourth-order valence-corrected chi connectivity index (χ4v) is 1.68. The van der Waals surface area contributed by atoms with Crippen LogP contribution in [0.2, 0.25) is 0 Å². The second-order valence-electron chi connectivity index (χ2n) is 5.00.